The van der Waals surface area contributed by atoms with Gasteiger partial charge in [0.05, 0.1) is 5.69 Å². The van der Waals surface area contributed by atoms with Crippen molar-refractivity contribution in [2.45, 2.75) is 5.75 Å². The predicted molar refractivity (Wildman–Crippen MR) is 62.4 cm³/mol. The maximum Gasteiger partial charge on any atom is 0.0705 e. The molecule has 2 heteroatoms. The molecule has 0 fully saturated rings. The van der Waals surface area contributed by atoms with Crippen molar-refractivity contribution in [1.29, 1.82) is 0 Å². The Bertz CT molecular complexity index is 412. The Morgan fingerprint density at radius 1 is 1.00 bits per heavy atom. The van der Waals surface area contributed by atoms with Gasteiger partial charge in [-0.1, -0.05) is 30.3 Å². The minimum atomic E-state index is 0.743. The number of rotatable bonds is 2. The molecule has 0 aliphatic carbocycles. The van der Waals surface area contributed by atoms with Crippen LogP contribution in [0.3, 0.4) is 0 Å². The molecule has 2 rings (SSSR count). The summed E-state index contributed by atoms with van der Waals surface area (Å²) >= 11 is 4.30. The molecule has 14 heavy (non-hydrogen) atoms. The average molecular weight is 201 g/mol. The first kappa shape index (κ1) is 9.28. The fourth-order valence-electron chi connectivity index (χ4n) is 1.43. The highest BCUT2D eigenvalue weighted by Gasteiger charge is 2.02. The fourth-order valence-corrected chi connectivity index (χ4v) is 1.71. The summed E-state index contributed by atoms with van der Waals surface area (Å²) in [7, 11) is 0. The van der Waals surface area contributed by atoms with E-state index in [0.717, 1.165) is 11.4 Å². The summed E-state index contributed by atoms with van der Waals surface area (Å²) in [5.41, 5.74) is 3.40. The molecule has 0 aliphatic rings. The molecule has 0 bridgehead atoms. The standard InChI is InChI=1S/C12H11NS/c14-9-10-5-1-2-6-11(10)12-7-3-4-8-13-12/h1-8,14H,9H2. The van der Waals surface area contributed by atoms with E-state index in [4.69, 9.17) is 0 Å². The van der Waals surface area contributed by atoms with Gasteiger partial charge < -0.3 is 0 Å². The second kappa shape index (κ2) is 4.29. The second-order valence-electron chi connectivity index (χ2n) is 3.03. The van der Waals surface area contributed by atoms with Gasteiger partial charge in [0, 0.05) is 17.5 Å². The fraction of sp³-hybridized carbons (Fsp3) is 0.0833. The van der Waals surface area contributed by atoms with E-state index >= 15 is 0 Å². The third-order valence-corrected chi connectivity index (χ3v) is 2.47. The molecule has 0 aliphatic heterocycles. The Hall–Kier alpha value is -1.28. The van der Waals surface area contributed by atoms with Crippen LogP contribution in [0.4, 0.5) is 0 Å². The van der Waals surface area contributed by atoms with E-state index in [-0.39, 0.29) is 0 Å². The van der Waals surface area contributed by atoms with E-state index in [1.807, 2.05) is 36.5 Å². The van der Waals surface area contributed by atoms with Gasteiger partial charge in [-0.15, -0.1) is 0 Å². The van der Waals surface area contributed by atoms with Gasteiger partial charge >= 0.3 is 0 Å². The van der Waals surface area contributed by atoms with E-state index in [9.17, 15) is 0 Å². The number of aromatic nitrogens is 1. The van der Waals surface area contributed by atoms with Crippen molar-refractivity contribution in [3.8, 4) is 11.3 Å². The van der Waals surface area contributed by atoms with Crippen LogP contribution in [0.5, 0.6) is 0 Å². The van der Waals surface area contributed by atoms with Crippen LogP contribution in [0.25, 0.3) is 11.3 Å². The summed E-state index contributed by atoms with van der Waals surface area (Å²) < 4.78 is 0. The summed E-state index contributed by atoms with van der Waals surface area (Å²) in [5.74, 6) is 0.743. The quantitative estimate of drug-likeness (QED) is 0.736. The van der Waals surface area contributed by atoms with Crippen LogP contribution < -0.4 is 0 Å². The largest absolute Gasteiger partial charge is 0.256 e. The van der Waals surface area contributed by atoms with Crippen molar-refractivity contribution in [3.63, 3.8) is 0 Å². The molecule has 1 heterocycles. The van der Waals surface area contributed by atoms with Crippen LogP contribution in [0, 0.1) is 0 Å². The lowest BCUT2D eigenvalue weighted by atomic mass is 10.1. The molecule has 0 saturated carbocycles. The van der Waals surface area contributed by atoms with Gasteiger partial charge in [0.1, 0.15) is 0 Å². The highest BCUT2D eigenvalue weighted by atomic mass is 32.1. The molecule has 0 N–H and O–H groups in total. The number of thiol groups is 1. The first-order valence-corrected chi connectivity index (χ1v) is 5.15. The van der Waals surface area contributed by atoms with Gasteiger partial charge in [0.15, 0.2) is 0 Å². The molecule has 0 amide bonds. The van der Waals surface area contributed by atoms with Crippen molar-refractivity contribution in [1.82, 2.24) is 4.98 Å². The highest BCUT2D eigenvalue weighted by molar-refractivity contribution is 7.79. The number of hydrogen-bond donors (Lipinski definition) is 1. The molecule has 2 aromatic rings. The molecule has 0 radical (unpaired) electrons. The number of pyridine rings is 1. The summed E-state index contributed by atoms with van der Waals surface area (Å²) in [5, 5.41) is 0. The third kappa shape index (κ3) is 1.80. The van der Waals surface area contributed by atoms with E-state index in [2.05, 4.69) is 29.7 Å². The van der Waals surface area contributed by atoms with Crippen molar-refractivity contribution in [2.24, 2.45) is 0 Å². The Balaban J connectivity index is 2.51. The molecule has 1 aromatic heterocycles. The summed E-state index contributed by atoms with van der Waals surface area (Å²) in [4.78, 5) is 4.32. The minimum Gasteiger partial charge on any atom is -0.256 e. The van der Waals surface area contributed by atoms with Crippen LogP contribution in [0.1, 0.15) is 5.56 Å². The van der Waals surface area contributed by atoms with E-state index in [1.165, 1.54) is 11.1 Å². The molecular weight excluding hydrogens is 190 g/mol. The molecule has 0 spiro atoms. The van der Waals surface area contributed by atoms with Gasteiger partial charge in [0.2, 0.25) is 0 Å². The number of benzene rings is 1. The number of hydrogen-bond acceptors (Lipinski definition) is 2. The lowest BCUT2D eigenvalue weighted by molar-refractivity contribution is 1.30. The Morgan fingerprint density at radius 3 is 2.50 bits per heavy atom. The third-order valence-electron chi connectivity index (χ3n) is 2.13. The van der Waals surface area contributed by atoms with Gasteiger partial charge in [0.25, 0.3) is 0 Å². The summed E-state index contributed by atoms with van der Waals surface area (Å²) in [6.07, 6.45) is 1.81. The average Bonchev–Trinajstić information content (AvgIpc) is 2.30. The van der Waals surface area contributed by atoms with Gasteiger partial charge in [-0.25, -0.2) is 0 Å². The molecule has 1 nitrogen and oxygen atoms in total. The Kier molecular flexibility index (Phi) is 2.84. The van der Waals surface area contributed by atoms with Gasteiger partial charge in [-0.2, -0.15) is 12.6 Å². The molecule has 0 unspecified atom stereocenters. The van der Waals surface area contributed by atoms with Crippen molar-refractivity contribution in [3.05, 3.63) is 54.2 Å². The van der Waals surface area contributed by atoms with Crippen molar-refractivity contribution < 1.29 is 0 Å². The normalized spacial score (nSPS) is 10.1. The van der Waals surface area contributed by atoms with Crippen LogP contribution in [0.15, 0.2) is 48.7 Å². The summed E-state index contributed by atoms with van der Waals surface area (Å²) in [6.45, 7) is 0. The van der Waals surface area contributed by atoms with Crippen LogP contribution in [-0.2, 0) is 5.75 Å². The zero-order valence-corrected chi connectivity index (χ0v) is 8.61. The number of nitrogens with zero attached hydrogens (tertiary/aromatic N) is 1. The lowest BCUT2D eigenvalue weighted by Crippen LogP contribution is -1.87. The lowest BCUT2D eigenvalue weighted by Gasteiger charge is -2.05. The highest BCUT2D eigenvalue weighted by Crippen LogP contribution is 2.22. The SMILES string of the molecule is SCc1ccccc1-c1ccccn1. The van der Waals surface area contributed by atoms with Crippen LogP contribution in [-0.4, -0.2) is 4.98 Å². The van der Waals surface area contributed by atoms with Crippen LogP contribution in [0.2, 0.25) is 0 Å². The maximum absolute atomic E-state index is 4.32. The summed E-state index contributed by atoms with van der Waals surface area (Å²) in [6, 6.07) is 14.1. The Morgan fingerprint density at radius 2 is 1.79 bits per heavy atom. The van der Waals surface area contributed by atoms with Crippen LogP contribution >= 0.6 is 12.6 Å². The first-order chi connectivity index (χ1) is 6.92. The Labute approximate surface area is 89.2 Å². The van der Waals surface area contributed by atoms with Gasteiger partial charge in [-0.05, 0) is 17.7 Å². The monoisotopic (exact) mass is 201 g/mol. The van der Waals surface area contributed by atoms with E-state index in [0.29, 0.717) is 0 Å². The molecule has 70 valence electrons. The first-order valence-electron chi connectivity index (χ1n) is 4.52. The second-order valence-corrected chi connectivity index (χ2v) is 3.35. The zero-order valence-electron chi connectivity index (χ0n) is 7.72. The maximum atomic E-state index is 4.32. The predicted octanol–water partition coefficient (Wildman–Crippen LogP) is 3.18. The van der Waals surface area contributed by atoms with Crippen molar-refractivity contribution >= 4 is 12.6 Å². The smallest absolute Gasteiger partial charge is 0.0705 e. The molecule has 1 aromatic carbocycles. The topological polar surface area (TPSA) is 12.9 Å². The van der Waals surface area contributed by atoms with E-state index < -0.39 is 0 Å². The molecule has 0 atom stereocenters. The molecular formula is C12H11NS. The van der Waals surface area contributed by atoms with Gasteiger partial charge in [-0.3, -0.25) is 4.98 Å². The molecule has 0 saturated heterocycles. The minimum absolute atomic E-state index is 0.743. The van der Waals surface area contributed by atoms with E-state index in [1.54, 1.807) is 0 Å². The van der Waals surface area contributed by atoms with Crippen molar-refractivity contribution in [2.75, 3.05) is 0 Å². The zero-order chi connectivity index (χ0) is 9.80.